The maximum absolute atomic E-state index is 13.0. The van der Waals surface area contributed by atoms with Crippen molar-refractivity contribution in [1.82, 2.24) is 20.2 Å². The van der Waals surface area contributed by atoms with Crippen molar-refractivity contribution in [2.24, 2.45) is 0 Å². The number of ether oxygens (including phenoxy) is 1. The highest BCUT2D eigenvalue weighted by molar-refractivity contribution is 6.30. The number of hydrogen-bond donors (Lipinski definition) is 1. The zero-order valence-electron chi connectivity index (χ0n) is 19.4. The minimum Gasteiger partial charge on any atom is -0.452 e. The summed E-state index contributed by atoms with van der Waals surface area (Å²) in [5.41, 5.74) is 1.10. The van der Waals surface area contributed by atoms with Gasteiger partial charge in [-0.3, -0.25) is 4.90 Å². The minimum atomic E-state index is -5.19. The Morgan fingerprint density at radius 3 is 2.35 bits per heavy atom. The van der Waals surface area contributed by atoms with E-state index in [1.807, 2.05) is 24.3 Å². The van der Waals surface area contributed by atoms with Gasteiger partial charge in [-0.15, -0.1) is 0 Å². The lowest BCUT2D eigenvalue weighted by atomic mass is 10.0. The molecule has 2 aliphatic rings. The smallest absolute Gasteiger partial charge is 0.452 e. The summed E-state index contributed by atoms with van der Waals surface area (Å²) in [6.07, 6.45) is -8.89. The molecule has 1 N–H and O–H groups in total. The molecule has 0 amide bonds. The number of piperidine rings is 1. The summed E-state index contributed by atoms with van der Waals surface area (Å²) in [6.45, 7) is 1.94. The molecule has 0 unspecified atom stereocenters. The van der Waals surface area contributed by atoms with Crippen LogP contribution < -0.4 is 10.2 Å². The Morgan fingerprint density at radius 1 is 1.05 bits per heavy atom. The quantitative estimate of drug-likeness (QED) is 0.429. The van der Waals surface area contributed by atoms with E-state index in [4.69, 9.17) is 16.3 Å². The fraction of sp³-hybridized carbons (Fsp3) is 0.522. The number of likely N-dealkylation sites (tertiary alicyclic amines) is 1. The van der Waals surface area contributed by atoms with Gasteiger partial charge in [-0.2, -0.15) is 26.3 Å². The number of nitrogens with one attached hydrogen (secondary N) is 1. The monoisotopic (exact) mass is 551 g/mol. The molecule has 2 fully saturated rings. The first kappa shape index (κ1) is 27.4. The number of hydrogen-bond acceptors (Lipinski definition) is 7. The van der Waals surface area contributed by atoms with Crippen LogP contribution in [0.3, 0.4) is 0 Å². The van der Waals surface area contributed by atoms with E-state index in [1.54, 1.807) is 0 Å². The molecule has 2 atom stereocenters. The van der Waals surface area contributed by atoms with Crippen LogP contribution in [-0.4, -0.2) is 71.4 Å². The normalized spacial score (nSPS) is 21.9. The SMILES string of the molecule is O=C(O[C@H]1CN(c2ccnc(C(F)(F)F)n2)C[C@@H]1NC1CCN(Cc2ccc(Cl)cc2)CC1)C(F)(F)F. The van der Waals surface area contributed by atoms with Crippen molar-refractivity contribution in [2.45, 2.75) is 49.9 Å². The topological polar surface area (TPSA) is 70.6 Å². The molecule has 37 heavy (non-hydrogen) atoms. The number of carbonyl (C=O) groups excluding carboxylic acids is 1. The molecule has 4 rings (SSSR count). The van der Waals surface area contributed by atoms with Crippen molar-refractivity contribution in [2.75, 3.05) is 31.1 Å². The Balaban J connectivity index is 1.40. The summed E-state index contributed by atoms with van der Waals surface area (Å²) >= 11 is 5.92. The molecule has 7 nitrogen and oxygen atoms in total. The molecule has 0 bridgehead atoms. The van der Waals surface area contributed by atoms with Gasteiger partial charge >= 0.3 is 18.3 Å². The van der Waals surface area contributed by atoms with Crippen LogP contribution in [0, 0.1) is 0 Å². The average Bonchev–Trinajstić information content (AvgIpc) is 3.23. The van der Waals surface area contributed by atoms with Crippen LogP contribution in [0.5, 0.6) is 0 Å². The number of halogens is 7. The third-order valence-corrected chi connectivity index (χ3v) is 6.58. The summed E-state index contributed by atoms with van der Waals surface area (Å²) in [4.78, 5) is 21.9. The fourth-order valence-corrected chi connectivity index (χ4v) is 4.64. The lowest BCUT2D eigenvalue weighted by molar-refractivity contribution is -0.204. The van der Waals surface area contributed by atoms with Crippen molar-refractivity contribution < 1.29 is 35.9 Å². The minimum absolute atomic E-state index is 0.00903. The van der Waals surface area contributed by atoms with Gasteiger partial charge in [0.15, 0.2) is 0 Å². The number of benzene rings is 1. The molecule has 2 aromatic rings. The Kier molecular flexibility index (Phi) is 8.14. The Hall–Kier alpha value is -2.64. The van der Waals surface area contributed by atoms with Gasteiger partial charge < -0.3 is 15.0 Å². The van der Waals surface area contributed by atoms with E-state index in [-0.39, 0.29) is 24.9 Å². The van der Waals surface area contributed by atoms with E-state index in [0.29, 0.717) is 17.9 Å². The molecule has 0 aliphatic carbocycles. The Morgan fingerprint density at radius 2 is 1.73 bits per heavy atom. The summed E-state index contributed by atoms with van der Waals surface area (Å²) in [7, 11) is 0. The van der Waals surface area contributed by atoms with Crippen molar-refractivity contribution >= 4 is 23.4 Å². The van der Waals surface area contributed by atoms with Crippen LogP contribution in [0.4, 0.5) is 32.2 Å². The molecule has 1 aromatic carbocycles. The van der Waals surface area contributed by atoms with Gasteiger partial charge in [-0.1, -0.05) is 23.7 Å². The maximum atomic E-state index is 13.0. The number of nitrogens with zero attached hydrogens (tertiary/aromatic N) is 4. The van der Waals surface area contributed by atoms with Crippen LogP contribution in [-0.2, 0) is 22.3 Å². The molecule has 2 aliphatic heterocycles. The highest BCUT2D eigenvalue weighted by atomic mass is 35.5. The number of rotatable bonds is 6. The van der Waals surface area contributed by atoms with Gasteiger partial charge in [0.2, 0.25) is 5.82 Å². The maximum Gasteiger partial charge on any atom is 0.490 e. The van der Waals surface area contributed by atoms with Crippen LogP contribution in [0.15, 0.2) is 36.5 Å². The summed E-state index contributed by atoms with van der Waals surface area (Å²) in [5, 5.41) is 3.91. The second kappa shape index (κ2) is 11.0. The standard InChI is InChI=1S/C23H24ClF6N5O2/c24-15-3-1-14(2-4-15)11-34-9-6-16(7-10-34)32-17-12-35(13-18(17)37-21(36)23(28,29)30)19-5-8-31-20(33-19)22(25,26)27/h1-5,8,16-18,32H,6-7,9-13H2/t17-,18-/m0/s1. The molecule has 0 saturated carbocycles. The summed E-state index contributed by atoms with van der Waals surface area (Å²) < 4.78 is 82.5. The highest BCUT2D eigenvalue weighted by Gasteiger charge is 2.46. The van der Waals surface area contributed by atoms with E-state index >= 15 is 0 Å². The van der Waals surface area contributed by atoms with E-state index in [1.165, 1.54) is 11.0 Å². The van der Waals surface area contributed by atoms with Crippen LogP contribution >= 0.6 is 11.6 Å². The first-order valence-electron chi connectivity index (χ1n) is 11.5. The van der Waals surface area contributed by atoms with Crippen molar-refractivity contribution in [3.63, 3.8) is 0 Å². The summed E-state index contributed by atoms with van der Waals surface area (Å²) in [6, 6.07) is 7.94. The average molecular weight is 552 g/mol. The van der Waals surface area contributed by atoms with Crippen molar-refractivity contribution in [3.8, 4) is 0 Å². The Bertz CT molecular complexity index is 1080. The molecule has 2 saturated heterocycles. The Labute approximate surface area is 213 Å². The predicted octanol–water partition coefficient (Wildman–Crippen LogP) is 4.07. The van der Waals surface area contributed by atoms with Gasteiger partial charge in [-0.05, 0) is 49.7 Å². The van der Waals surface area contributed by atoms with E-state index in [0.717, 1.165) is 31.4 Å². The van der Waals surface area contributed by atoms with Crippen molar-refractivity contribution in [3.05, 3.63) is 52.9 Å². The van der Waals surface area contributed by atoms with Crippen LogP contribution in [0.2, 0.25) is 5.02 Å². The second-order valence-electron chi connectivity index (χ2n) is 9.03. The van der Waals surface area contributed by atoms with Crippen LogP contribution in [0.25, 0.3) is 0 Å². The van der Waals surface area contributed by atoms with Gasteiger partial charge in [0.1, 0.15) is 11.9 Å². The van der Waals surface area contributed by atoms with E-state index in [2.05, 4.69) is 20.2 Å². The summed E-state index contributed by atoms with van der Waals surface area (Å²) in [5.74, 6) is -3.82. The van der Waals surface area contributed by atoms with Gasteiger partial charge in [-0.25, -0.2) is 14.8 Å². The largest absolute Gasteiger partial charge is 0.490 e. The molecule has 3 heterocycles. The zero-order valence-corrected chi connectivity index (χ0v) is 20.2. The molecular weight excluding hydrogens is 528 g/mol. The third-order valence-electron chi connectivity index (χ3n) is 6.33. The molecule has 202 valence electrons. The number of anilines is 1. The van der Waals surface area contributed by atoms with E-state index in [9.17, 15) is 31.1 Å². The van der Waals surface area contributed by atoms with Crippen molar-refractivity contribution in [1.29, 1.82) is 0 Å². The first-order chi connectivity index (χ1) is 17.4. The van der Waals surface area contributed by atoms with Crippen LogP contribution in [0.1, 0.15) is 24.2 Å². The lowest BCUT2D eigenvalue weighted by Crippen LogP contribution is -2.51. The number of alkyl halides is 6. The fourth-order valence-electron chi connectivity index (χ4n) is 4.52. The highest BCUT2D eigenvalue weighted by Crippen LogP contribution is 2.29. The third kappa shape index (κ3) is 7.23. The zero-order chi connectivity index (χ0) is 26.8. The molecular formula is C23H24ClF6N5O2. The van der Waals surface area contributed by atoms with Gasteiger partial charge in [0.25, 0.3) is 0 Å². The van der Waals surface area contributed by atoms with Gasteiger partial charge in [0.05, 0.1) is 12.6 Å². The second-order valence-corrected chi connectivity index (χ2v) is 9.47. The number of aromatic nitrogens is 2. The van der Waals surface area contributed by atoms with Gasteiger partial charge in [0, 0.05) is 30.4 Å². The molecule has 14 heteroatoms. The number of esters is 1. The number of carbonyl (C=O) groups is 1. The molecule has 1 aromatic heterocycles. The lowest BCUT2D eigenvalue weighted by Gasteiger charge is -2.34. The predicted molar refractivity (Wildman–Crippen MR) is 122 cm³/mol. The van der Waals surface area contributed by atoms with E-state index < -0.39 is 36.3 Å². The molecule has 0 spiro atoms. The first-order valence-corrected chi connectivity index (χ1v) is 11.9. The molecule has 0 radical (unpaired) electrons.